The largest absolute Gasteiger partial charge is 0.507 e. The number of piperidine rings is 1. The lowest BCUT2D eigenvalue weighted by Gasteiger charge is -2.57. The van der Waals surface area contributed by atoms with Crippen LogP contribution in [0, 0.1) is 23.7 Å². The number of aliphatic hydroxyl groups excluding tert-OH is 1. The third-order valence-corrected chi connectivity index (χ3v) is 18.7. The SMILES string of the molecule is Cc1ncsc1-c1ccc(CNC(=O)[C@@H]2C[C@@H](O)CN2C(=O)[C@@H](NC(=O)[C@H]2CCC3(CC2)C[C@H](N2CCC4(CC2)CN(C(=O)N2CCN5c6cc(-c7ccccc7O)nnc6NC[C@H]5C2)CCO4)C3)C(C)(C)C)cc1. The van der Waals surface area contributed by atoms with Gasteiger partial charge in [-0.1, -0.05) is 57.2 Å². The van der Waals surface area contributed by atoms with Gasteiger partial charge in [-0.15, -0.1) is 21.5 Å². The van der Waals surface area contributed by atoms with E-state index in [2.05, 4.69) is 40.9 Å². The second-order valence-corrected chi connectivity index (χ2v) is 24.5. The number of phenols is 1. The van der Waals surface area contributed by atoms with Gasteiger partial charge in [0.1, 0.15) is 17.8 Å². The van der Waals surface area contributed by atoms with Gasteiger partial charge in [0.15, 0.2) is 5.82 Å². The molecule has 4 aromatic rings. The van der Waals surface area contributed by atoms with Gasteiger partial charge in [0, 0.05) is 82.8 Å². The Balaban J connectivity index is 0.628. The molecule has 5 amide bonds. The predicted octanol–water partition coefficient (Wildman–Crippen LogP) is 5.63. The minimum absolute atomic E-state index is 0.0365. The average molecular weight is 1040 g/mol. The molecule has 2 saturated carbocycles. The molecule has 0 bridgehead atoms. The van der Waals surface area contributed by atoms with Crippen molar-refractivity contribution in [3.8, 4) is 27.4 Å². The van der Waals surface area contributed by atoms with Crippen molar-refractivity contribution in [2.45, 2.75) is 128 Å². The molecule has 5 aliphatic heterocycles. The number of carbonyl (C=O) groups excluding carboxylic acids is 4. The zero-order valence-corrected chi connectivity index (χ0v) is 44.6. The second kappa shape index (κ2) is 20.6. The van der Waals surface area contributed by atoms with E-state index in [1.807, 2.05) is 85.5 Å². The van der Waals surface area contributed by atoms with E-state index >= 15 is 0 Å². The maximum Gasteiger partial charge on any atom is 0.320 e. The first-order valence-corrected chi connectivity index (χ1v) is 28.1. The molecule has 2 aromatic heterocycles. The van der Waals surface area contributed by atoms with E-state index in [-0.39, 0.29) is 72.0 Å². The number of anilines is 2. The Kier molecular flexibility index (Phi) is 14.1. The number of nitrogens with one attached hydrogen (secondary N) is 3. The highest BCUT2D eigenvalue weighted by Crippen LogP contribution is 2.55. The lowest BCUT2D eigenvalue weighted by atomic mass is 9.56. The van der Waals surface area contributed by atoms with Gasteiger partial charge >= 0.3 is 6.03 Å². The van der Waals surface area contributed by atoms with Crippen LogP contribution in [0.4, 0.5) is 16.3 Å². The van der Waals surface area contributed by atoms with Crippen molar-refractivity contribution in [2.24, 2.45) is 16.7 Å². The van der Waals surface area contributed by atoms with Gasteiger partial charge in [-0.05, 0) is 98.4 Å². The Labute approximate surface area is 443 Å². The van der Waals surface area contributed by atoms with Crippen molar-refractivity contribution in [3.05, 3.63) is 71.4 Å². The maximum atomic E-state index is 14.4. The number of piperazine rings is 1. The summed E-state index contributed by atoms with van der Waals surface area (Å²) in [5.74, 6) is -0.0819. The quantitative estimate of drug-likeness (QED) is 0.138. The summed E-state index contributed by atoms with van der Waals surface area (Å²) in [6.07, 6.45) is 6.83. The van der Waals surface area contributed by atoms with Gasteiger partial charge in [-0.3, -0.25) is 14.4 Å². The van der Waals surface area contributed by atoms with Crippen molar-refractivity contribution >= 4 is 46.6 Å². The van der Waals surface area contributed by atoms with Crippen LogP contribution in [-0.4, -0.2) is 170 Å². The average Bonchev–Trinajstić information content (AvgIpc) is 4.04. The number of amides is 5. The predicted molar refractivity (Wildman–Crippen MR) is 286 cm³/mol. The summed E-state index contributed by atoms with van der Waals surface area (Å²) >= 11 is 1.59. The molecule has 11 rings (SSSR count). The van der Waals surface area contributed by atoms with Crippen molar-refractivity contribution in [2.75, 3.05) is 75.7 Å². The van der Waals surface area contributed by atoms with Crippen molar-refractivity contribution < 1.29 is 34.1 Å². The Morgan fingerprint density at radius 1 is 0.907 bits per heavy atom. The monoisotopic (exact) mass is 1040 g/mol. The minimum atomic E-state index is -0.856. The van der Waals surface area contributed by atoms with Crippen molar-refractivity contribution in [1.29, 1.82) is 0 Å². The lowest BCUT2D eigenvalue weighted by molar-refractivity contribution is -0.146. The van der Waals surface area contributed by atoms with Crippen LogP contribution in [0.3, 0.4) is 0 Å². The van der Waals surface area contributed by atoms with Crippen LogP contribution in [0.15, 0.2) is 60.1 Å². The summed E-state index contributed by atoms with van der Waals surface area (Å²) < 4.78 is 6.55. The molecule has 2 spiro atoms. The molecule has 2 aliphatic carbocycles. The highest BCUT2D eigenvalue weighted by atomic mass is 32.1. The fourth-order valence-electron chi connectivity index (χ4n) is 13.2. The number of aromatic hydroxyl groups is 1. The molecule has 400 valence electrons. The number of hydrogen-bond donors (Lipinski definition) is 5. The fraction of sp³-hybridized carbons (Fsp3) is 0.589. The van der Waals surface area contributed by atoms with E-state index in [9.17, 15) is 29.4 Å². The number of morpholine rings is 1. The number of rotatable bonds is 9. The first-order chi connectivity index (χ1) is 36.0. The Morgan fingerprint density at radius 3 is 2.39 bits per heavy atom. The third-order valence-electron chi connectivity index (χ3n) is 17.7. The van der Waals surface area contributed by atoms with Gasteiger partial charge in [0.05, 0.1) is 58.4 Å². The second-order valence-electron chi connectivity index (χ2n) is 23.6. The molecule has 0 radical (unpaired) electrons. The molecule has 6 fully saturated rings. The van der Waals surface area contributed by atoms with E-state index in [1.165, 1.54) is 4.90 Å². The van der Waals surface area contributed by atoms with Crippen LogP contribution in [0.25, 0.3) is 21.7 Å². The minimum Gasteiger partial charge on any atom is -0.507 e. The van der Waals surface area contributed by atoms with Crippen molar-refractivity contribution in [3.63, 3.8) is 0 Å². The van der Waals surface area contributed by atoms with Crippen LogP contribution >= 0.6 is 11.3 Å². The molecule has 4 saturated heterocycles. The number of fused-ring (bicyclic) bond motifs is 3. The van der Waals surface area contributed by atoms with Gasteiger partial charge in [0.25, 0.3) is 0 Å². The van der Waals surface area contributed by atoms with E-state index < -0.39 is 23.6 Å². The first kappa shape index (κ1) is 51.2. The molecule has 2 aromatic carbocycles. The molecule has 7 aliphatic rings. The number of nitrogens with zero attached hydrogens (tertiary/aromatic N) is 8. The fourth-order valence-corrected chi connectivity index (χ4v) is 14.0. The van der Waals surface area contributed by atoms with E-state index in [0.717, 1.165) is 97.7 Å². The Hall–Kier alpha value is -5.89. The van der Waals surface area contributed by atoms with Crippen molar-refractivity contribution in [1.82, 2.24) is 45.4 Å². The number of benzene rings is 2. The molecule has 5 N–H and O–H groups in total. The molecule has 75 heavy (non-hydrogen) atoms. The van der Waals surface area contributed by atoms with Crippen LogP contribution in [-0.2, 0) is 25.7 Å². The molecule has 0 unspecified atom stereocenters. The number of aliphatic hydroxyl groups is 1. The highest BCUT2D eigenvalue weighted by Gasteiger charge is 2.52. The lowest BCUT2D eigenvalue weighted by Crippen LogP contribution is -2.64. The van der Waals surface area contributed by atoms with Gasteiger partial charge in [0.2, 0.25) is 17.7 Å². The third kappa shape index (κ3) is 10.4. The number of likely N-dealkylation sites (tertiary alicyclic amines) is 2. The van der Waals surface area contributed by atoms with Gasteiger partial charge in [-0.25, -0.2) is 9.78 Å². The van der Waals surface area contributed by atoms with Crippen LogP contribution < -0.4 is 20.9 Å². The number of β-amino-alcohol motifs (C(OH)–C–C–N with tert-alkyl or cyclic N) is 1. The Morgan fingerprint density at radius 2 is 1.67 bits per heavy atom. The molecule has 18 nitrogen and oxygen atoms in total. The molecular weight excluding hydrogens is 971 g/mol. The summed E-state index contributed by atoms with van der Waals surface area (Å²) in [5.41, 5.74) is 6.24. The van der Waals surface area contributed by atoms with Crippen LogP contribution in [0.1, 0.15) is 89.8 Å². The summed E-state index contributed by atoms with van der Waals surface area (Å²) in [7, 11) is 0. The summed E-state index contributed by atoms with van der Waals surface area (Å²) in [4.78, 5) is 72.2. The zero-order chi connectivity index (χ0) is 52.2. The normalized spacial score (nSPS) is 27.0. The Bertz CT molecular complexity index is 2760. The molecule has 19 heteroatoms. The number of carbonyl (C=O) groups is 4. The standard InChI is InChI=1S/C56H73N11O7S/c1-35-47(75-34-59-35)37-11-9-36(10-12-37)29-58-51(71)45-25-41(68)32-67(45)52(72)48(54(2,3)4)60-50(70)38-13-15-55(16-14-38)27-39(28-55)63-19-17-56(18-20-63)33-65(23-24-74-56)53(73)64-21-22-66-40(31-64)30-57-49-44(66)26-43(61-62-49)42-7-5-6-8-46(42)69/h5-12,26,34,38-41,45,48,68-69H,13-25,27-33H2,1-4H3,(H,57,62)(H,58,71)(H,60,70)/t38-,39-,40-,41+,45-,48+,55?/m0/s1. The first-order valence-electron chi connectivity index (χ1n) is 27.2. The number of aryl methyl sites for hydroxylation is 1. The topological polar surface area (TPSA) is 209 Å². The van der Waals surface area contributed by atoms with E-state index in [4.69, 9.17) is 4.74 Å². The number of urea groups is 1. The van der Waals surface area contributed by atoms with Gasteiger partial charge < -0.3 is 55.4 Å². The smallest absolute Gasteiger partial charge is 0.320 e. The van der Waals surface area contributed by atoms with Crippen LogP contribution in [0.2, 0.25) is 0 Å². The number of aromatic nitrogens is 3. The molecular formula is C56H73N11O7S. The number of thiazole rings is 1. The van der Waals surface area contributed by atoms with Crippen LogP contribution in [0.5, 0.6) is 5.75 Å². The molecule has 7 heterocycles. The number of phenolic OH excluding ortho intramolecular Hbond substituents is 1. The number of ether oxygens (including phenoxy) is 1. The summed E-state index contributed by atoms with van der Waals surface area (Å²) in [5, 5.41) is 39.6. The highest BCUT2D eigenvalue weighted by molar-refractivity contribution is 7.13. The summed E-state index contributed by atoms with van der Waals surface area (Å²) in [6.45, 7) is 14.2. The van der Waals surface area contributed by atoms with E-state index in [1.54, 1.807) is 23.5 Å². The molecule has 4 atom stereocenters. The maximum absolute atomic E-state index is 14.4. The number of para-hydroxylation sites is 1. The van der Waals surface area contributed by atoms with E-state index in [0.29, 0.717) is 63.2 Å². The van der Waals surface area contributed by atoms with Gasteiger partial charge in [-0.2, -0.15) is 0 Å². The zero-order valence-electron chi connectivity index (χ0n) is 43.8. The number of hydrogen-bond acceptors (Lipinski definition) is 14. The summed E-state index contributed by atoms with van der Waals surface area (Å²) in [6, 6.07) is 16.1.